The molecule has 0 saturated heterocycles. The van der Waals surface area contributed by atoms with Crippen LogP contribution in [0.1, 0.15) is 92.4 Å². The van der Waals surface area contributed by atoms with Gasteiger partial charge in [0.15, 0.2) is 0 Å². The van der Waals surface area contributed by atoms with E-state index >= 15 is 0 Å². The second-order valence-electron chi connectivity index (χ2n) is 6.93. The van der Waals surface area contributed by atoms with Crippen LogP contribution in [0.25, 0.3) is 0 Å². The van der Waals surface area contributed by atoms with E-state index in [0.29, 0.717) is 12.5 Å². The average Bonchev–Trinajstić information content (AvgIpc) is 2.62. The van der Waals surface area contributed by atoms with Crippen LogP contribution in [-0.2, 0) is 14.9 Å². The number of carbonyl (C=O) groups is 2. The molecule has 158 valence electrons. The molecule has 0 saturated carbocycles. The van der Waals surface area contributed by atoms with E-state index in [1.165, 1.54) is 32.1 Å². The van der Waals surface area contributed by atoms with Crippen molar-refractivity contribution in [1.82, 2.24) is 0 Å². The standard InChI is InChI=1S/C20H30O7S.2Na/c1-3-4-5-6-7-8-9-10-11-15(2)27-20(23)17-13-12-16(28(24,25)26)14-18(17)19(21)22;;/h12-15H,3-11H2,1-2H3,(H,21,22)(H,24,25,26);;/q;2*+1/p-2. The maximum absolute atomic E-state index is 12.2. The topological polar surface area (TPSA) is 124 Å². The summed E-state index contributed by atoms with van der Waals surface area (Å²) < 4.78 is 38.3. The number of unbranched alkanes of at least 4 members (excludes halogenated alkanes) is 7. The predicted molar refractivity (Wildman–Crippen MR) is 101 cm³/mol. The van der Waals surface area contributed by atoms with Gasteiger partial charge in [0.1, 0.15) is 10.1 Å². The van der Waals surface area contributed by atoms with Gasteiger partial charge in [-0.05, 0) is 38.0 Å². The van der Waals surface area contributed by atoms with Crippen molar-refractivity contribution < 1.29 is 91.5 Å². The maximum Gasteiger partial charge on any atom is 1.00 e. The van der Waals surface area contributed by atoms with Gasteiger partial charge in [-0.2, -0.15) is 0 Å². The first-order valence-electron chi connectivity index (χ1n) is 9.69. The van der Waals surface area contributed by atoms with Crippen molar-refractivity contribution in [2.75, 3.05) is 0 Å². The third-order valence-electron chi connectivity index (χ3n) is 4.49. The molecule has 0 aliphatic carbocycles. The van der Waals surface area contributed by atoms with E-state index < -0.39 is 38.6 Å². The van der Waals surface area contributed by atoms with Crippen LogP contribution in [0.5, 0.6) is 0 Å². The van der Waals surface area contributed by atoms with Crippen molar-refractivity contribution in [2.45, 2.75) is 82.6 Å². The van der Waals surface area contributed by atoms with Gasteiger partial charge in [0.05, 0.1) is 22.5 Å². The molecule has 0 aliphatic rings. The van der Waals surface area contributed by atoms with Crippen LogP contribution in [0.4, 0.5) is 0 Å². The van der Waals surface area contributed by atoms with Crippen LogP contribution in [0, 0.1) is 0 Å². The fourth-order valence-electron chi connectivity index (χ4n) is 2.90. The van der Waals surface area contributed by atoms with E-state index in [4.69, 9.17) is 4.74 Å². The summed E-state index contributed by atoms with van der Waals surface area (Å²) in [4.78, 5) is 22.7. The van der Waals surface area contributed by atoms with Gasteiger partial charge in [-0.3, -0.25) is 0 Å². The van der Waals surface area contributed by atoms with Crippen molar-refractivity contribution in [1.29, 1.82) is 0 Å². The number of hydrogen-bond acceptors (Lipinski definition) is 7. The minimum Gasteiger partial charge on any atom is -0.744 e. The number of carboxylic acid groups (broad SMARTS) is 1. The second kappa shape index (κ2) is 16.7. The molecule has 1 unspecified atom stereocenters. The summed E-state index contributed by atoms with van der Waals surface area (Å²) in [5.74, 6) is -2.64. The molecule has 1 rings (SSSR count). The number of benzene rings is 1. The van der Waals surface area contributed by atoms with Crippen LogP contribution >= 0.6 is 0 Å². The molecular weight excluding hydrogens is 430 g/mol. The molecule has 0 bridgehead atoms. The largest absolute Gasteiger partial charge is 1.00 e. The Kier molecular flexibility index (Phi) is 17.9. The number of aromatic carboxylic acids is 1. The van der Waals surface area contributed by atoms with Crippen LogP contribution in [-0.4, -0.2) is 31.0 Å². The van der Waals surface area contributed by atoms with Gasteiger partial charge in [-0.1, -0.05) is 51.9 Å². The van der Waals surface area contributed by atoms with Gasteiger partial charge in [-0.15, -0.1) is 0 Å². The van der Waals surface area contributed by atoms with Crippen LogP contribution in [0.3, 0.4) is 0 Å². The Morgan fingerprint density at radius 3 is 2.00 bits per heavy atom. The number of esters is 1. The molecule has 0 aliphatic heterocycles. The molecule has 1 aromatic rings. The monoisotopic (exact) mass is 458 g/mol. The molecule has 0 N–H and O–H groups in total. The minimum atomic E-state index is -4.84. The van der Waals surface area contributed by atoms with E-state index in [1.807, 2.05) is 0 Å². The van der Waals surface area contributed by atoms with Gasteiger partial charge < -0.3 is 19.2 Å². The van der Waals surface area contributed by atoms with E-state index in [9.17, 15) is 27.7 Å². The third kappa shape index (κ3) is 12.2. The molecule has 1 atom stereocenters. The summed E-state index contributed by atoms with van der Waals surface area (Å²) in [7, 11) is -4.84. The molecule has 0 fully saturated rings. The van der Waals surface area contributed by atoms with Crippen molar-refractivity contribution in [2.24, 2.45) is 0 Å². The van der Waals surface area contributed by atoms with Gasteiger partial charge in [0.25, 0.3) is 0 Å². The Balaban J connectivity index is 0. The number of hydrogen-bond donors (Lipinski definition) is 0. The van der Waals surface area contributed by atoms with Crippen LogP contribution in [0.15, 0.2) is 23.1 Å². The molecule has 1 aromatic carbocycles. The number of ether oxygens (including phenoxy) is 1. The summed E-state index contributed by atoms with van der Waals surface area (Å²) in [6.45, 7) is 3.90. The van der Waals surface area contributed by atoms with Crippen molar-refractivity contribution in [3.05, 3.63) is 29.3 Å². The smallest absolute Gasteiger partial charge is 0.744 e. The molecule has 0 spiro atoms. The van der Waals surface area contributed by atoms with Crippen LogP contribution in [0.2, 0.25) is 0 Å². The zero-order valence-electron chi connectivity index (χ0n) is 18.4. The van der Waals surface area contributed by atoms with Crippen molar-refractivity contribution in [3.63, 3.8) is 0 Å². The van der Waals surface area contributed by atoms with Gasteiger partial charge >= 0.3 is 65.1 Å². The molecule has 7 nitrogen and oxygen atoms in total. The minimum absolute atomic E-state index is 0. The summed E-state index contributed by atoms with van der Waals surface area (Å²) >= 11 is 0. The molecule has 0 amide bonds. The summed E-state index contributed by atoms with van der Waals surface area (Å²) in [6.07, 6.45) is 9.47. The fraction of sp³-hybridized carbons (Fsp3) is 0.600. The van der Waals surface area contributed by atoms with E-state index in [-0.39, 0.29) is 64.7 Å². The summed E-state index contributed by atoms with van der Waals surface area (Å²) in [6, 6.07) is 2.47. The Morgan fingerprint density at radius 2 is 1.50 bits per heavy atom. The first kappa shape index (κ1) is 32.3. The molecule has 30 heavy (non-hydrogen) atoms. The first-order valence-corrected chi connectivity index (χ1v) is 11.1. The molecule has 0 radical (unpaired) electrons. The Morgan fingerprint density at radius 1 is 0.967 bits per heavy atom. The zero-order chi connectivity index (χ0) is 21.2. The second-order valence-corrected chi connectivity index (χ2v) is 8.31. The Bertz CT molecular complexity index is 766. The SMILES string of the molecule is CCCCCCCCCCC(C)OC(=O)c1ccc(S(=O)(=O)[O-])cc1C(=O)[O-].[Na+].[Na+]. The number of carbonyl (C=O) groups excluding carboxylic acids is 2. The van der Waals surface area contributed by atoms with Crippen molar-refractivity contribution >= 4 is 22.1 Å². The molecular formula is C20H28Na2O7S. The fourth-order valence-corrected chi connectivity index (χ4v) is 3.39. The van der Waals surface area contributed by atoms with E-state index in [2.05, 4.69) is 6.92 Å². The average molecular weight is 458 g/mol. The molecule has 0 aromatic heterocycles. The maximum atomic E-state index is 12.2. The quantitative estimate of drug-likeness (QED) is 0.134. The van der Waals surface area contributed by atoms with Gasteiger partial charge in [0, 0.05) is 5.56 Å². The summed E-state index contributed by atoms with van der Waals surface area (Å²) in [5, 5.41) is 11.2. The van der Waals surface area contributed by atoms with Crippen molar-refractivity contribution in [3.8, 4) is 0 Å². The first-order chi connectivity index (χ1) is 13.2. The third-order valence-corrected chi connectivity index (χ3v) is 5.32. The van der Waals surface area contributed by atoms with E-state index in [1.54, 1.807) is 6.92 Å². The molecule has 10 heteroatoms. The number of rotatable bonds is 13. The van der Waals surface area contributed by atoms with Crippen LogP contribution < -0.4 is 64.2 Å². The normalized spacial score (nSPS) is 11.7. The van der Waals surface area contributed by atoms with Gasteiger partial charge in [0.2, 0.25) is 0 Å². The summed E-state index contributed by atoms with van der Waals surface area (Å²) in [5.41, 5.74) is -1.02. The zero-order valence-corrected chi connectivity index (χ0v) is 23.3. The van der Waals surface area contributed by atoms with Gasteiger partial charge in [-0.25, -0.2) is 13.2 Å². The predicted octanol–water partition coefficient (Wildman–Crippen LogP) is -2.96. The Hall–Kier alpha value is 0.0700. The number of carboxylic acids is 1. The Labute approximate surface area is 223 Å². The van der Waals surface area contributed by atoms with E-state index in [0.717, 1.165) is 31.4 Å². The molecule has 0 heterocycles.